The molecule has 0 radical (unpaired) electrons. The first-order valence-electron chi connectivity index (χ1n) is 12.4. The fraction of sp³-hybridized carbons (Fsp3) is 0.312. The van der Waals surface area contributed by atoms with Gasteiger partial charge in [0.05, 0.1) is 0 Å². The van der Waals surface area contributed by atoms with Crippen molar-refractivity contribution in [2.75, 3.05) is 0 Å². The number of rotatable bonds is 6. The third-order valence-corrected chi connectivity index (χ3v) is 6.84. The Morgan fingerprint density at radius 1 is 0.818 bits per heavy atom. The second-order valence-corrected chi connectivity index (χ2v) is 9.82. The van der Waals surface area contributed by atoms with Gasteiger partial charge < -0.3 is 4.98 Å². The average molecular weight is 436 g/mol. The molecule has 1 nitrogen and oxygen atoms in total. The van der Waals surface area contributed by atoms with Crippen molar-refractivity contribution >= 4 is 23.6 Å². The molecule has 1 heterocycles. The van der Waals surface area contributed by atoms with Crippen molar-refractivity contribution in [3.8, 4) is 11.1 Å². The van der Waals surface area contributed by atoms with E-state index in [1.807, 2.05) is 0 Å². The minimum atomic E-state index is 0.509. The zero-order chi connectivity index (χ0) is 23.7. The Morgan fingerprint density at radius 3 is 2.09 bits per heavy atom. The molecule has 0 fully saturated rings. The largest absolute Gasteiger partial charge is 0.355 e. The van der Waals surface area contributed by atoms with Crippen molar-refractivity contribution in [2.24, 2.45) is 0 Å². The van der Waals surface area contributed by atoms with E-state index in [1.165, 1.54) is 49.5 Å². The van der Waals surface area contributed by atoms with E-state index in [0.29, 0.717) is 11.8 Å². The molecule has 0 aliphatic carbocycles. The Balaban J connectivity index is 1.87. The molecule has 33 heavy (non-hydrogen) atoms. The lowest BCUT2D eigenvalue weighted by molar-refractivity contribution is 0.799. The molecule has 1 aromatic heterocycles. The van der Waals surface area contributed by atoms with Crippen LogP contribution in [0.25, 0.3) is 34.7 Å². The normalized spacial score (nSPS) is 12.4. The van der Waals surface area contributed by atoms with Gasteiger partial charge in [-0.3, -0.25) is 0 Å². The summed E-state index contributed by atoms with van der Waals surface area (Å²) in [5.74, 6) is 1.02. The highest BCUT2D eigenvalue weighted by atomic mass is 14.7. The van der Waals surface area contributed by atoms with Gasteiger partial charge in [0.2, 0.25) is 0 Å². The highest BCUT2D eigenvalue weighted by molar-refractivity contribution is 5.87. The summed E-state index contributed by atoms with van der Waals surface area (Å²) in [6.45, 7) is 18.0. The van der Waals surface area contributed by atoms with E-state index in [-0.39, 0.29) is 0 Å². The Kier molecular flexibility index (Phi) is 6.61. The van der Waals surface area contributed by atoms with E-state index < -0.39 is 0 Å². The molecule has 0 spiro atoms. The summed E-state index contributed by atoms with van der Waals surface area (Å²) in [5.41, 5.74) is 10.7. The van der Waals surface area contributed by atoms with Crippen LogP contribution in [-0.4, -0.2) is 4.98 Å². The molecule has 0 aliphatic rings. The lowest BCUT2D eigenvalue weighted by Crippen LogP contribution is -2.20. The Hall–Kier alpha value is -3.06. The zero-order valence-electron chi connectivity index (χ0n) is 21.0. The van der Waals surface area contributed by atoms with E-state index in [2.05, 4.69) is 114 Å². The first-order chi connectivity index (χ1) is 15.8. The second-order valence-electron chi connectivity index (χ2n) is 9.82. The van der Waals surface area contributed by atoms with Crippen molar-refractivity contribution in [3.05, 3.63) is 93.0 Å². The maximum Gasteiger partial charge on any atom is 0.0470 e. The maximum absolute atomic E-state index is 4.35. The standard InChI is InChI=1S/C32H37N/c1-8-23-11-10-12-25(15-23)26-13-14-28-31(22(7)33-32(28)19-26)18-24-16-29(20(3)4)27(9-2)30(17-24)21(5)6/h10-21,33H,7-9H2,1-6H3/b31-18-. The van der Waals surface area contributed by atoms with Crippen LogP contribution < -0.4 is 10.6 Å². The van der Waals surface area contributed by atoms with Crippen molar-refractivity contribution in [1.29, 1.82) is 0 Å². The van der Waals surface area contributed by atoms with Gasteiger partial charge in [-0.1, -0.05) is 96.7 Å². The SMILES string of the molecule is C=c1[nH]c2cc(-c3cccc(CC)c3)ccc2/c1=C\c1cc(C(C)C)c(CC)c(C(C)C)c1. The molecule has 0 saturated heterocycles. The summed E-state index contributed by atoms with van der Waals surface area (Å²) in [6.07, 6.45) is 4.45. The first-order valence-corrected chi connectivity index (χ1v) is 12.4. The molecule has 0 amide bonds. The van der Waals surface area contributed by atoms with Gasteiger partial charge in [-0.15, -0.1) is 0 Å². The van der Waals surface area contributed by atoms with Gasteiger partial charge in [-0.2, -0.15) is 0 Å². The molecule has 1 N–H and O–H groups in total. The predicted octanol–water partition coefficient (Wildman–Crippen LogP) is 7.45. The van der Waals surface area contributed by atoms with Crippen LogP contribution in [0, 0.1) is 0 Å². The topological polar surface area (TPSA) is 15.8 Å². The molecule has 1 heteroatoms. The number of aryl methyl sites for hydroxylation is 1. The Bertz CT molecular complexity index is 1370. The summed E-state index contributed by atoms with van der Waals surface area (Å²) in [7, 11) is 0. The van der Waals surface area contributed by atoms with Crippen molar-refractivity contribution < 1.29 is 0 Å². The van der Waals surface area contributed by atoms with Gasteiger partial charge in [0.15, 0.2) is 0 Å². The lowest BCUT2D eigenvalue weighted by Gasteiger charge is -2.20. The molecule has 0 saturated carbocycles. The third kappa shape index (κ3) is 4.55. The monoisotopic (exact) mass is 435 g/mol. The van der Waals surface area contributed by atoms with Gasteiger partial charge in [-0.25, -0.2) is 0 Å². The lowest BCUT2D eigenvalue weighted by atomic mass is 9.85. The van der Waals surface area contributed by atoms with Gasteiger partial charge >= 0.3 is 0 Å². The molecule has 0 aliphatic heterocycles. The number of hydrogen-bond acceptors (Lipinski definition) is 0. The van der Waals surface area contributed by atoms with E-state index in [9.17, 15) is 0 Å². The van der Waals surface area contributed by atoms with Crippen LogP contribution in [0.1, 0.15) is 81.2 Å². The van der Waals surface area contributed by atoms with Crippen molar-refractivity contribution in [3.63, 3.8) is 0 Å². The van der Waals surface area contributed by atoms with Crippen LogP contribution in [0.2, 0.25) is 0 Å². The molecule has 0 unspecified atom stereocenters. The Labute approximate surface area is 198 Å². The summed E-state index contributed by atoms with van der Waals surface area (Å²) >= 11 is 0. The molecule has 4 rings (SSSR count). The quantitative estimate of drug-likeness (QED) is 0.324. The molecule has 3 aromatic carbocycles. The van der Waals surface area contributed by atoms with Gasteiger partial charge in [0, 0.05) is 21.5 Å². The molecule has 0 bridgehead atoms. The average Bonchev–Trinajstić information content (AvgIpc) is 3.12. The smallest absolute Gasteiger partial charge is 0.0470 e. The highest BCUT2D eigenvalue weighted by Gasteiger charge is 2.14. The molecule has 170 valence electrons. The van der Waals surface area contributed by atoms with Crippen LogP contribution in [-0.2, 0) is 12.8 Å². The van der Waals surface area contributed by atoms with Crippen LogP contribution in [0.3, 0.4) is 0 Å². The number of benzene rings is 3. The van der Waals surface area contributed by atoms with Crippen molar-refractivity contribution in [2.45, 2.75) is 66.2 Å². The molecular weight excluding hydrogens is 398 g/mol. The number of aromatic nitrogens is 1. The number of H-pyrrole nitrogens is 1. The van der Waals surface area contributed by atoms with Crippen LogP contribution in [0.5, 0.6) is 0 Å². The number of fused-ring (bicyclic) bond motifs is 1. The second kappa shape index (κ2) is 9.43. The summed E-state index contributed by atoms with van der Waals surface area (Å²) in [4.78, 5) is 3.54. The first kappa shape index (κ1) is 23.1. The number of hydrogen-bond donors (Lipinski definition) is 1. The summed E-state index contributed by atoms with van der Waals surface area (Å²) < 4.78 is 0. The van der Waals surface area contributed by atoms with E-state index in [4.69, 9.17) is 0 Å². The third-order valence-electron chi connectivity index (χ3n) is 6.84. The minimum Gasteiger partial charge on any atom is -0.355 e. The van der Waals surface area contributed by atoms with Crippen LogP contribution >= 0.6 is 0 Å². The predicted molar refractivity (Wildman–Crippen MR) is 145 cm³/mol. The fourth-order valence-corrected chi connectivity index (χ4v) is 5.02. The van der Waals surface area contributed by atoms with Crippen LogP contribution in [0.15, 0.2) is 54.6 Å². The maximum atomic E-state index is 4.35. The molecule has 4 aromatic rings. The van der Waals surface area contributed by atoms with E-state index >= 15 is 0 Å². The van der Waals surface area contributed by atoms with Gasteiger partial charge in [-0.05, 0) is 75.8 Å². The van der Waals surface area contributed by atoms with E-state index in [1.54, 1.807) is 0 Å². The van der Waals surface area contributed by atoms with Crippen molar-refractivity contribution in [1.82, 2.24) is 4.98 Å². The number of nitrogens with one attached hydrogen (secondary N) is 1. The summed E-state index contributed by atoms with van der Waals surface area (Å²) in [5, 5.41) is 3.39. The fourth-order valence-electron chi connectivity index (χ4n) is 5.02. The summed E-state index contributed by atoms with van der Waals surface area (Å²) in [6, 6.07) is 20.3. The molecule has 0 atom stereocenters. The van der Waals surface area contributed by atoms with Gasteiger partial charge in [0.1, 0.15) is 0 Å². The van der Waals surface area contributed by atoms with E-state index in [0.717, 1.165) is 23.7 Å². The highest BCUT2D eigenvalue weighted by Crippen LogP contribution is 2.30. The van der Waals surface area contributed by atoms with Gasteiger partial charge in [0.25, 0.3) is 0 Å². The Morgan fingerprint density at radius 2 is 1.48 bits per heavy atom. The zero-order valence-corrected chi connectivity index (χ0v) is 21.0. The van der Waals surface area contributed by atoms with Crippen LogP contribution in [0.4, 0.5) is 0 Å². The minimum absolute atomic E-state index is 0.509. The number of aromatic amines is 1. The molecular formula is C32H37N.